The zero-order valence-electron chi connectivity index (χ0n) is 18.1. The van der Waals surface area contributed by atoms with Gasteiger partial charge in [-0.25, -0.2) is 0 Å². The molecule has 0 bridgehead atoms. The van der Waals surface area contributed by atoms with E-state index >= 15 is 0 Å². The Hall–Kier alpha value is -3.19. The number of ether oxygens (including phenoxy) is 1. The van der Waals surface area contributed by atoms with E-state index in [4.69, 9.17) is 10.5 Å². The van der Waals surface area contributed by atoms with E-state index in [1.54, 1.807) is 12.1 Å². The van der Waals surface area contributed by atoms with Crippen molar-refractivity contribution in [3.63, 3.8) is 0 Å². The summed E-state index contributed by atoms with van der Waals surface area (Å²) >= 11 is 0. The van der Waals surface area contributed by atoms with Crippen molar-refractivity contribution in [2.45, 2.75) is 45.2 Å². The lowest BCUT2D eigenvalue weighted by molar-refractivity contribution is -0.128. The number of hydrogen-bond donors (Lipinski definition) is 3. The maximum Gasteiger partial charge on any atom is 0.240 e. The Morgan fingerprint density at radius 1 is 0.968 bits per heavy atom. The van der Waals surface area contributed by atoms with Gasteiger partial charge in [-0.05, 0) is 56.0 Å². The van der Waals surface area contributed by atoms with Crippen LogP contribution < -0.4 is 21.1 Å². The molecular formula is C24H31N3O4. The third kappa shape index (κ3) is 8.60. The van der Waals surface area contributed by atoms with Gasteiger partial charge in [-0.1, -0.05) is 49.4 Å². The highest BCUT2D eigenvalue weighted by molar-refractivity contribution is 5.89. The average molecular weight is 426 g/mol. The fraction of sp³-hybridized carbons (Fsp3) is 0.375. The molecule has 0 spiro atoms. The van der Waals surface area contributed by atoms with Crippen molar-refractivity contribution in [3.8, 4) is 5.75 Å². The molecule has 31 heavy (non-hydrogen) atoms. The topological polar surface area (TPSA) is 111 Å². The Kier molecular flexibility index (Phi) is 9.71. The Labute approximate surface area is 183 Å². The average Bonchev–Trinajstić information content (AvgIpc) is 2.76. The lowest BCUT2D eigenvalue weighted by Crippen LogP contribution is -2.52. The van der Waals surface area contributed by atoms with Gasteiger partial charge in [-0.2, -0.15) is 0 Å². The minimum Gasteiger partial charge on any atom is -0.486 e. The van der Waals surface area contributed by atoms with Crippen LogP contribution in [0, 0.1) is 0 Å². The molecule has 0 fully saturated rings. The molecule has 2 amide bonds. The number of aryl methyl sites for hydroxylation is 1. The Balaban J connectivity index is 1.94. The fourth-order valence-electron chi connectivity index (χ4n) is 3.16. The first-order valence-corrected chi connectivity index (χ1v) is 10.5. The molecule has 0 aliphatic rings. The number of benzene rings is 2. The van der Waals surface area contributed by atoms with Crippen molar-refractivity contribution in [2.75, 3.05) is 13.2 Å². The molecule has 2 aromatic rings. The summed E-state index contributed by atoms with van der Waals surface area (Å²) in [6, 6.07) is 15.8. The van der Waals surface area contributed by atoms with Crippen LogP contribution in [0.3, 0.4) is 0 Å². The summed E-state index contributed by atoms with van der Waals surface area (Å²) < 4.78 is 5.35. The van der Waals surface area contributed by atoms with Gasteiger partial charge in [0, 0.05) is 0 Å². The number of likely N-dealkylation sites (N-methyl/N-ethyl adjacent to an activating group) is 1. The van der Waals surface area contributed by atoms with Crippen molar-refractivity contribution in [1.82, 2.24) is 10.6 Å². The fourth-order valence-corrected chi connectivity index (χ4v) is 3.16. The summed E-state index contributed by atoms with van der Waals surface area (Å²) in [5.41, 5.74) is 7.55. The third-order valence-corrected chi connectivity index (χ3v) is 4.80. The molecule has 166 valence electrons. The highest BCUT2D eigenvalue weighted by Crippen LogP contribution is 2.14. The number of carbonyl (C=O) groups is 3. The van der Waals surface area contributed by atoms with Crippen molar-refractivity contribution < 1.29 is 19.1 Å². The number of rotatable bonds is 13. The van der Waals surface area contributed by atoms with Crippen molar-refractivity contribution in [1.29, 1.82) is 0 Å². The molecule has 0 aliphatic carbocycles. The molecule has 7 nitrogen and oxygen atoms in total. The smallest absolute Gasteiger partial charge is 0.240 e. The second-order valence-electron chi connectivity index (χ2n) is 7.44. The Bertz CT molecular complexity index is 853. The van der Waals surface area contributed by atoms with Gasteiger partial charge >= 0.3 is 0 Å². The van der Waals surface area contributed by atoms with E-state index in [2.05, 4.69) is 10.6 Å². The molecule has 2 rings (SSSR count). The standard InChI is InChI=1S/C24H31N3O4/c1-3-26-22(15-19-7-5-4-6-8-19)24(30)27-21(23(25)29)14-11-18-9-12-20(13-10-18)31-16-17(2)28/h4-10,12-13,21-22,26H,3,11,14-16H2,1-2H3,(H2,25,29)(H,27,30)/t21-,22-/m0/s1. The SMILES string of the molecule is CCN[C@@H](Cc1ccccc1)C(=O)N[C@@H](CCc1ccc(OCC(C)=O)cc1)C(N)=O. The van der Waals surface area contributed by atoms with E-state index < -0.39 is 18.0 Å². The monoisotopic (exact) mass is 425 g/mol. The number of primary amides is 1. The lowest BCUT2D eigenvalue weighted by atomic mass is 10.0. The minimum atomic E-state index is -0.766. The third-order valence-electron chi connectivity index (χ3n) is 4.80. The minimum absolute atomic E-state index is 0.0328. The van der Waals surface area contributed by atoms with Crippen LogP contribution in [0.15, 0.2) is 54.6 Å². The van der Waals surface area contributed by atoms with Crippen molar-refractivity contribution in [2.24, 2.45) is 5.73 Å². The molecule has 2 atom stereocenters. The first-order valence-electron chi connectivity index (χ1n) is 10.5. The molecule has 0 aromatic heterocycles. The molecule has 4 N–H and O–H groups in total. The largest absolute Gasteiger partial charge is 0.486 e. The molecule has 0 saturated heterocycles. The van der Waals surface area contributed by atoms with E-state index in [1.807, 2.05) is 49.4 Å². The summed E-state index contributed by atoms with van der Waals surface area (Å²) in [5.74, 6) is -0.257. The van der Waals surface area contributed by atoms with E-state index in [0.717, 1.165) is 11.1 Å². The van der Waals surface area contributed by atoms with Crippen LogP contribution >= 0.6 is 0 Å². The highest BCUT2D eigenvalue weighted by Gasteiger charge is 2.24. The number of Topliss-reactive ketones (excluding diaryl/α,β-unsaturated/α-hetero) is 1. The van der Waals surface area contributed by atoms with Crippen molar-refractivity contribution in [3.05, 3.63) is 65.7 Å². The van der Waals surface area contributed by atoms with Gasteiger partial charge in [-0.15, -0.1) is 0 Å². The normalized spacial score (nSPS) is 12.6. The van der Waals surface area contributed by atoms with E-state index in [9.17, 15) is 14.4 Å². The van der Waals surface area contributed by atoms with E-state index in [-0.39, 0.29) is 18.3 Å². The summed E-state index contributed by atoms with van der Waals surface area (Å²) in [4.78, 5) is 35.7. The highest BCUT2D eigenvalue weighted by atomic mass is 16.5. The number of carbonyl (C=O) groups excluding carboxylic acids is 3. The van der Waals surface area contributed by atoms with Crippen LogP contribution in [0.4, 0.5) is 0 Å². The molecular weight excluding hydrogens is 394 g/mol. The number of hydrogen-bond acceptors (Lipinski definition) is 5. The van der Waals surface area contributed by atoms with Gasteiger partial charge in [0.1, 0.15) is 18.4 Å². The van der Waals surface area contributed by atoms with Crippen LogP contribution in [0.25, 0.3) is 0 Å². The van der Waals surface area contributed by atoms with Crippen LogP contribution in [0.1, 0.15) is 31.4 Å². The maximum absolute atomic E-state index is 12.8. The number of nitrogens with one attached hydrogen (secondary N) is 2. The zero-order chi connectivity index (χ0) is 22.6. The molecule has 2 aromatic carbocycles. The molecule has 7 heteroatoms. The number of ketones is 1. The zero-order valence-corrected chi connectivity index (χ0v) is 18.1. The van der Waals surface area contributed by atoms with Gasteiger partial charge in [-0.3, -0.25) is 14.4 Å². The second-order valence-corrected chi connectivity index (χ2v) is 7.44. The van der Waals surface area contributed by atoms with Gasteiger partial charge in [0.15, 0.2) is 5.78 Å². The first-order chi connectivity index (χ1) is 14.9. The summed E-state index contributed by atoms with van der Waals surface area (Å²) in [5, 5.41) is 5.97. The molecule has 0 saturated carbocycles. The number of nitrogens with two attached hydrogens (primary N) is 1. The quantitative estimate of drug-likeness (QED) is 0.453. The van der Waals surface area contributed by atoms with Crippen molar-refractivity contribution >= 4 is 17.6 Å². The predicted molar refractivity (Wildman–Crippen MR) is 120 cm³/mol. The van der Waals surface area contributed by atoms with Gasteiger partial charge < -0.3 is 21.1 Å². The molecule has 0 aliphatic heterocycles. The predicted octanol–water partition coefficient (Wildman–Crippen LogP) is 1.78. The second kappa shape index (κ2) is 12.5. The summed E-state index contributed by atoms with van der Waals surface area (Å²) in [6.07, 6.45) is 1.47. The van der Waals surface area contributed by atoms with Gasteiger partial charge in [0.25, 0.3) is 0 Å². The summed E-state index contributed by atoms with van der Waals surface area (Å²) in [7, 11) is 0. The molecule has 0 radical (unpaired) electrons. The van der Waals surface area contributed by atoms with Crippen LogP contribution in [-0.2, 0) is 27.2 Å². The molecule has 0 heterocycles. The lowest BCUT2D eigenvalue weighted by Gasteiger charge is -2.22. The van der Waals surface area contributed by atoms with Crippen LogP contribution in [0.2, 0.25) is 0 Å². The van der Waals surface area contributed by atoms with E-state index in [1.165, 1.54) is 6.92 Å². The maximum atomic E-state index is 12.8. The van der Waals surface area contributed by atoms with E-state index in [0.29, 0.717) is 31.6 Å². The van der Waals surface area contributed by atoms with Crippen LogP contribution in [-0.4, -0.2) is 42.8 Å². The van der Waals surface area contributed by atoms with Gasteiger partial charge in [0.05, 0.1) is 6.04 Å². The van der Waals surface area contributed by atoms with Gasteiger partial charge in [0.2, 0.25) is 11.8 Å². The Morgan fingerprint density at radius 3 is 2.23 bits per heavy atom. The van der Waals surface area contributed by atoms with Crippen LogP contribution in [0.5, 0.6) is 5.75 Å². The Morgan fingerprint density at radius 2 is 1.65 bits per heavy atom. The first kappa shape index (κ1) is 24.1. The number of amides is 2. The molecule has 0 unspecified atom stereocenters. The summed E-state index contributed by atoms with van der Waals surface area (Å²) in [6.45, 7) is 4.06.